The molecular weight excluding hydrogens is 376 g/mol. The molecule has 26 heavy (non-hydrogen) atoms. The van der Waals surface area contributed by atoms with E-state index in [1.165, 1.54) is 0 Å². The molecule has 7 N–H and O–H groups in total. The Balaban J connectivity index is 4.35. The minimum atomic E-state index is -1.35. The van der Waals surface area contributed by atoms with E-state index < -0.39 is 54.9 Å². The fourth-order valence-electron chi connectivity index (χ4n) is 1.47. The summed E-state index contributed by atoms with van der Waals surface area (Å²) in [5.41, 5.74) is 3.99. The molecule has 0 aliphatic carbocycles. The van der Waals surface area contributed by atoms with E-state index in [4.69, 9.17) is 15.3 Å². The van der Waals surface area contributed by atoms with E-state index in [0.717, 1.165) is 0 Å². The highest BCUT2D eigenvalue weighted by atomic mass is 32.1. The molecule has 0 aliphatic rings. The van der Waals surface area contributed by atoms with Crippen LogP contribution in [0.2, 0.25) is 0 Å². The number of nitrogens with one attached hydrogen (secondary N) is 4. The van der Waals surface area contributed by atoms with E-state index in [1.807, 2.05) is 11.0 Å². The van der Waals surface area contributed by atoms with Gasteiger partial charge in [0.05, 0.1) is 0 Å². The molecule has 0 fully saturated rings. The number of hydrogen-bond acceptors (Lipinski definition) is 9. The monoisotopic (exact) mass is 396 g/mol. The van der Waals surface area contributed by atoms with E-state index in [1.54, 1.807) is 0 Å². The fraction of sp³-hybridized carbons (Fsp3) is 0.583. The summed E-state index contributed by atoms with van der Waals surface area (Å²) < 4.78 is 0. The quantitative estimate of drug-likeness (QED) is 0.0841. The Morgan fingerprint density at radius 3 is 2.08 bits per heavy atom. The van der Waals surface area contributed by atoms with Gasteiger partial charge in [0.2, 0.25) is 11.8 Å². The number of hydroxylamine groups is 2. The van der Waals surface area contributed by atoms with Crippen LogP contribution < -0.4 is 21.6 Å². The van der Waals surface area contributed by atoms with Crippen LogP contribution in [0.1, 0.15) is 12.8 Å². The van der Waals surface area contributed by atoms with Crippen molar-refractivity contribution in [3.8, 4) is 0 Å². The smallest absolute Gasteiger partial charge is 0.323 e. The molecule has 0 aromatic carbocycles. The predicted molar refractivity (Wildman–Crippen MR) is 86.9 cm³/mol. The molecule has 0 radical (unpaired) electrons. The summed E-state index contributed by atoms with van der Waals surface area (Å²) in [5.74, 6) is -5.34. The minimum absolute atomic E-state index is 0.0972. The third kappa shape index (κ3) is 11.2. The van der Waals surface area contributed by atoms with Crippen molar-refractivity contribution in [2.45, 2.75) is 24.9 Å². The van der Waals surface area contributed by atoms with Gasteiger partial charge in [-0.3, -0.25) is 24.0 Å². The lowest BCUT2D eigenvalue weighted by molar-refractivity contribution is -0.150. The van der Waals surface area contributed by atoms with E-state index >= 15 is 0 Å². The molecule has 0 aromatic heterocycles. The van der Waals surface area contributed by atoms with E-state index in [0.29, 0.717) is 0 Å². The van der Waals surface area contributed by atoms with Crippen LogP contribution in [0.3, 0.4) is 0 Å². The molecule has 0 aliphatic heterocycles. The molecule has 0 spiro atoms. The normalized spacial score (nSPS) is 12.7. The third-order valence-electron chi connectivity index (χ3n) is 2.70. The Morgan fingerprint density at radius 1 is 0.962 bits per heavy atom. The summed E-state index contributed by atoms with van der Waals surface area (Å²) in [6, 6.07) is -2.41. The largest absolute Gasteiger partial charge is 0.480 e. The highest BCUT2D eigenvalue weighted by Crippen LogP contribution is 1.99. The van der Waals surface area contributed by atoms with E-state index in [2.05, 4.69) is 28.2 Å². The summed E-state index contributed by atoms with van der Waals surface area (Å²) >= 11 is 3.88. The molecule has 0 aromatic rings. The molecule has 0 saturated heterocycles. The first-order chi connectivity index (χ1) is 12.2. The van der Waals surface area contributed by atoms with Gasteiger partial charge < -0.3 is 26.0 Å². The Morgan fingerprint density at radius 2 is 1.58 bits per heavy atom. The molecule has 0 rings (SSSR count). The number of carbonyl (C=O) groups is 5. The number of amides is 2. The van der Waals surface area contributed by atoms with Crippen molar-refractivity contribution in [2.24, 2.45) is 0 Å². The molecule has 148 valence electrons. The second-order valence-corrected chi connectivity index (χ2v) is 5.14. The standard InChI is InChI=1S/C12H20N4O9S/c17-8(15-7(5-26)11(22)13-3-9(18)19)2-1-6(12(23)24)16-25-14-4-10(20)21/h6-7,14,16,26H,1-5H2,(H,13,22)(H,15,17)(H,18,19)(H,20,21)(H,23,24)/t6-,7-/m0/s1. The van der Waals surface area contributed by atoms with Gasteiger partial charge in [-0.15, -0.1) is 0 Å². The van der Waals surface area contributed by atoms with Crippen molar-refractivity contribution in [2.75, 3.05) is 18.8 Å². The Bertz CT molecular complexity index is 531. The maximum atomic E-state index is 11.8. The number of rotatable bonds is 14. The van der Waals surface area contributed by atoms with Crippen LogP contribution in [0.4, 0.5) is 0 Å². The van der Waals surface area contributed by atoms with Gasteiger partial charge in [0.15, 0.2) is 0 Å². The van der Waals surface area contributed by atoms with Crippen molar-refractivity contribution in [1.29, 1.82) is 0 Å². The van der Waals surface area contributed by atoms with E-state index in [9.17, 15) is 24.0 Å². The van der Waals surface area contributed by atoms with Gasteiger partial charge in [0.25, 0.3) is 0 Å². The SMILES string of the molecule is O=C(O)CNON[C@@H](CCC(=O)N[C@@H](CS)C(=O)NCC(=O)O)C(=O)O. The fourth-order valence-corrected chi connectivity index (χ4v) is 1.72. The average molecular weight is 396 g/mol. The first kappa shape index (κ1) is 23.6. The second kappa shape index (κ2) is 12.9. The van der Waals surface area contributed by atoms with Crippen LogP contribution >= 0.6 is 12.6 Å². The van der Waals surface area contributed by atoms with Crippen LogP contribution in [-0.4, -0.2) is 76.0 Å². The topological polar surface area (TPSA) is 203 Å². The van der Waals surface area contributed by atoms with Crippen LogP contribution in [0.5, 0.6) is 0 Å². The Hall–Kier alpha value is -2.42. The molecule has 2 amide bonds. The van der Waals surface area contributed by atoms with Crippen LogP contribution in [-0.2, 0) is 28.9 Å². The first-order valence-corrected chi connectivity index (χ1v) is 7.79. The van der Waals surface area contributed by atoms with Crippen molar-refractivity contribution in [3.63, 3.8) is 0 Å². The van der Waals surface area contributed by atoms with Crippen LogP contribution in [0, 0.1) is 0 Å². The number of carboxylic acid groups (broad SMARTS) is 3. The minimum Gasteiger partial charge on any atom is -0.480 e. The third-order valence-corrected chi connectivity index (χ3v) is 3.07. The number of hydrogen-bond donors (Lipinski definition) is 8. The van der Waals surface area contributed by atoms with Gasteiger partial charge in [0.1, 0.15) is 25.2 Å². The maximum Gasteiger partial charge on any atom is 0.323 e. The first-order valence-electron chi connectivity index (χ1n) is 7.15. The molecule has 0 unspecified atom stereocenters. The summed E-state index contributed by atoms with van der Waals surface area (Å²) in [6.45, 7) is -1.19. The second-order valence-electron chi connectivity index (χ2n) is 4.78. The number of thiol groups is 1. The number of carboxylic acids is 3. The summed E-state index contributed by atoms with van der Waals surface area (Å²) in [7, 11) is 0. The average Bonchev–Trinajstić information content (AvgIpc) is 2.56. The van der Waals surface area contributed by atoms with Gasteiger partial charge in [-0.2, -0.15) is 23.6 Å². The number of carbonyl (C=O) groups excluding carboxylic acids is 2. The lowest BCUT2D eigenvalue weighted by Gasteiger charge is -2.17. The molecular formula is C12H20N4O9S. The van der Waals surface area contributed by atoms with Gasteiger partial charge in [-0.25, -0.2) is 4.94 Å². The summed E-state index contributed by atoms with van der Waals surface area (Å²) in [4.78, 5) is 59.6. The molecule has 0 saturated carbocycles. The highest BCUT2D eigenvalue weighted by molar-refractivity contribution is 7.80. The Labute approximate surface area is 152 Å². The van der Waals surface area contributed by atoms with Crippen molar-refractivity contribution >= 4 is 42.4 Å². The van der Waals surface area contributed by atoms with Crippen LogP contribution in [0.15, 0.2) is 0 Å². The predicted octanol–water partition coefficient (Wildman–Crippen LogP) is -3.05. The van der Waals surface area contributed by atoms with Crippen molar-refractivity contribution < 1.29 is 44.2 Å². The van der Waals surface area contributed by atoms with Crippen molar-refractivity contribution in [1.82, 2.24) is 21.6 Å². The Kier molecular flexibility index (Phi) is 11.7. The summed E-state index contributed by atoms with van der Waals surface area (Å²) in [5, 5.41) is 30.2. The zero-order chi connectivity index (χ0) is 20.1. The number of aliphatic carboxylic acids is 3. The zero-order valence-corrected chi connectivity index (χ0v) is 14.3. The zero-order valence-electron chi connectivity index (χ0n) is 13.4. The van der Waals surface area contributed by atoms with Gasteiger partial charge in [0, 0.05) is 12.2 Å². The lowest BCUT2D eigenvalue weighted by atomic mass is 10.1. The van der Waals surface area contributed by atoms with Gasteiger partial charge in [-0.1, -0.05) is 0 Å². The molecule has 0 bridgehead atoms. The summed E-state index contributed by atoms with van der Waals surface area (Å²) in [6.07, 6.45) is -0.533. The molecule has 13 nitrogen and oxygen atoms in total. The maximum absolute atomic E-state index is 11.8. The van der Waals surface area contributed by atoms with Gasteiger partial charge >= 0.3 is 17.9 Å². The molecule has 14 heteroatoms. The highest BCUT2D eigenvalue weighted by Gasteiger charge is 2.22. The van der Waals surface area contributed by atoms with Crippen molar-refractivity contribution in [3.05, 3.63) is 0 Å². The molecule has 2 atom stereocenters. The van der Waals surface area contributed by atoms with Gasteiger partial charge in [-0.05, 0) is 6.42 Å². The van der Waals surface area contributed by atoms with Crippen LogP contribution in [0.25, 0.3) is 0 Å². The molecule has 0 heterocycles. The van der Waals surface area contributed by atoms with E-state index in [-0.39, 0.29) is 18.6 Å². The lowest BCUT2D eigenvalue weighted by Crippen LogP contribution is -2.49.